The summed E-state index contributed by atoms with van der Waals surface area (Å²) in [7, 11) is 0. The predicted molar refractivity (Wildman–Crippen MR) is 111 cm³/mol. The van der Waals surface area contributed by atoms with Gasteiger partial charge in [0.15, 0.2) is 0 Å². The molecule has 154 valence electrons. The van der Waals surface area contributed by atoms with E-state index in [1.54, 1.807) is 24.3 Å². The summed E-state index contributed by atoms with van der Waals surface area (Å²) < 4.78 is 0. The quantitative estimate of drug-likeness (QED) is 0.606. The Morgan fingerprint density at radius 2 is 1.50 bits per heavy atom. The Labute approximate surface area is 167 Å². The Bertz CT molecular complexity index is 654. The highest BCUT2D eigenvalue weighted by atomic mass is 16.2. The van der Waals surface area contributed by atoms with Crippen LogP contribution in [0.15, 0.2) is 24.3 Å². The molecule has 7 nitrogen and oxygen atoms in total. The lowest BCUT2D eigenvalue weighted by Gasteiger charge is -2.23. The molecule has 2 rings (SSSR count). The van der Waals surface area contributed by atoms with Crippen LogP contribution in [0.2, 0.25) is 0 Å². The summed E-state index contributed by atoms with van der Waals surface area (Å²) in [4.78, 5) is 37.3. The summed E-state index contributed by atoms with van der Waals surface area (Å²) in [5, 5.41) is 8.51. The average molecular weight is 389 g/mol. The van der Waals surface area contributed by atoms with E-state index in [4.69, 9.17) is 0 Å². The number of hydrogen-bond donors (Lipinski definition) is 3. The number of benzene rings is 1. The molecule has 1 saturated carbocycles. The fourth-order valence-electron chi connectivity index (χ4n) is 3.43. The maximum Gasteiger partial charge on any atom is 0.238 e. The molecule has 0 atom stereocenters. The Morgan fingerprint density at radius 3 is 2.07 bits per heavy atom. The van der Waals surface area contributed by atoms with Crippen molar-refractivity contribution in [2.45, 2.75) is 46.0 Å². The van der Waals surface area contributed by atoms with Gasteiger partial charge in [0, 0.05) is 24.8 Å². The highest BCUT2D eigenvalue weighted by Crippen LogP contribution is 2.22. The number of carbonyl (C=O) groups is 3. The molecule has 1 fully saturated rings. The van der Waals surface area contributed by atoms with Gasteiger partial charge in [-0.05, 0) is 49.6 Å². The number of hydrogen-bond acceptors (Lipinski definition) is 4. The molecule has 28 heavy (non-hydrogen) atoms. The first-order chi connectivity index (χ1) is 13.5. The molecule has 1 aliphatic carbocycles. The lowest BCUT2D eigenvalue weighted by atomic mass is 9.89. The average Bonchev–Trinajstić information content (AvgIpc) is 2.67. The molecule has 0 aromatic heterocycles. The van der Waals surface area contributed by atoms with E-state index in [0.717, 1.165) is 6.54 Å². The van der Waals surface area contributed by atoms with E-state index in [1.807, 2.05) is 11.8 Å². The first kappa shape index (κ1) is 21.9. The van der Waals surface area contributed by atoms with Gasteiger partial charge >= 0.3 is 0 Å². The van der Waals surface area contributed by atoms with Crippen molar-refractivity contribution in [1.82, 2.24) is 10.2 Å². The minimum atomic E-state index is -0.172. The van der Waals surface area contributed by atoms with Gasteiger partial charge in [-0.2, -0.15) is 0 Å². The molecule has 0 saturated heterocycles. The fraction of sp³-hybridized carbons (Fsp3) is 0.571. The van der Waals surface area contributed by atoms with Crippen LogP contribution < -0.4 is 16.0 Å². The summed E-state index contributed by atoms with van der Waals surface area (Å²) in [5.41, 5.74) is 1.33. The highest BCUT2D eigenvalue weighted by molar-refractivity contribution is 5.93. The van der Waals surface area contributed by atoms with Crippen LogP contribution in [0.3, 0.4) is 0 Å². The number of rotatable bonds is 9. The van der Waals surface area contributed by atoms with Crippen molar-refractivity contribution in [3.63, 3.8) is 0 Å². The van der Waals surface area contributed by atoms with Gasteiger partial charge in [-0.15, -0.1) is 0 Å². The SMILES string of the molecule is CCN(CC(=O)NCC1CCCCC1)CC(=O)Nc1ccc(NC(C)=O)cc1. The highest BCUT2D eigenvalue weighted by Gasteiger charge is 2.16. The molecule has 3 N–H and O–H groups in total. The molecule has 0 unspecified atom stereocenters. The van der Waals surface area contributed by atoms with Crippen molar-refractivity contribution in [3.8, 4) is 0 Å². The zero-order valence-corrected chi connectivity index (χ0v) is 16.9. The molecule has 0 bridgehead atoms. The third-order valence-electron chi connectivity index (χ3n) is 4.98. The topological polar surface area (TPSA) is 90.5 Å². The van der Waals surface area contributed by atoms with Gasteiger partial charge < -0.3 is 16.0 Å². The smallest absolute Gasteiger partial charge is 0.238 e. The van der Waals surface area contributed by atoms with Crippen LogP contribution in [0.1, 0.15) is 46.0 Å². The summed E-state index contributed by atoms with van der Waals surface area (Å²) in [6.45, 7) is 5.11. The minimum Gasteiger partial charge on any atom is -0.355 e. The zero-order chi connectivity index (χ0) is 20.4. The third kappa shape index (κ3) is 8.08. The van der Waals surface area contributed by atoms with E-state index in [-0.39, 0.29) is 30.8 Å². The molecule has 1 aromatic carbocycles. The van der Waals surface area contributed by atoms with Crippen LogP contribution in [0, 0.1) is 5.92 Å². The fourth-order valence-corrected chi connectivity index (χ4v) is 3.43. The molecule has 1 aliphatic rings. The number of likely N-dealkylation sites (N-methyl/N-ethyl adjacent to an activating group) is 1. The van der Waals surface area contributed by atoms with Gasteiger partial charge in [-0.1, -0.05) is 26.2 Å². The third-order valence-corrected chi connectivity index (χ3v) is 4.98. The van der Waals surface area contributed by atoms with E-state index >= 15 is 0 Å². The molecular formula is C21H32N4O3. The van der Waals surface area contributed by atoms with E-state index in [2.05, 4.69) is 16.0 Å². The van der Waals surface area contributed by atoms with Gasteiger partial charge in [-0.25, -0.2) is 0 Å². The minimum absolute atomic E-state index is 0.0279. The van der Waals surface area contributed by atoms with Crippen molar-refractivity contribution >= 4 is 29.1 Å². The summed E-state index contributed by atoms with van der Waals surface area (Å²) in [6.07, 6.45) is 6.21. The molecule has 7 heteroatoms. The maximum absolute atomic E-state index is 12.3. The molecule has 1 aromatic rings. The maximum atomic E-state index is 12.3. The predicted octanol–water partition coefficient (Wildman–Crippen LogP) is 2.60. The second kappa shape index (κ2) is 11.4. The van der Waals surface area contributed by atoms with Crippen LogP contribution in [0.5, 0.6) is 0 Å². The molecule has 0 radical (unpaired) electrons. The molecule has 0 aliphatic heterocycles. The summed E-state index contributed by atoms with van der Waals surface area (Å²) in [5.74, 6) is 0.253. The Kier molecular flexibility index (Phi) is 8.94. The Balaban J connectivity index is 1.73. The van der Waals surface area contributed by atoms with E-state index in [9.17, 15) is 14.4 Å². The van der Waals surface area contributed by atoms with Gasteiger partial charge in [0.05, 0.1) is 13.1 Å². The zero-order valence-electron chi connectivity index (χ0n) is 16.9. The van der Waals surface area contributed by atoms with Crippen molar-refractivity contribution in [3.05, 3.63) is 24.3 Å². The number of nitrogens with one attached hydrogen (secondary N) is 3. The lowest BCUT2D eigenvalue weighted by Crippen LogP contribution is -2.42. The van der Waals surface area contributed by atoms with Crippen molar-refractivity contribution in [2.24, 2.45) is 5.92 Å². The van der Waals surface area contributed by atoms with E-state index < -0.39 is 0 Å². The molecule has 0 spiro atoms. The Morgan fingerprint density at radius 1 is 0.929 bits per heavy atom. The van der Waals surface area contributed by atoms with Crippen molar-refractivity contribution in [2.75, 3.05) is 36.8 Å². The van der Waals surface area contributed by atoms with E-state index in [1.165, 1.54) is 39.0 Å². The normalized spacial score (nSPS) is 14.5. The Hall–Kier alpha value is -2.41. The van der Waals surface area contributed by atoms with Crippen LogP contribution in [0.25, 0.3) is 0 Å². The second-order valence-corrected chi connectivity index (χ2v) is 7.42. The van der Waals surface area contributed by atoms with Gasteiger partial charge in [0.2, 0.25) is 17.7 Å². The van der Waals surface area contributed by atoms with Gasteiger partial charge in [0.1, 0.15) is 0 Å². The number of amides is 3. The molecule has 3 amide bonds. The summed E-state index contributed by atoms with van der Waals surface area (Å²) >= 11 is 0. The molecule has 0 heterocycles. The van der Waals surface area contributed by atoms with Gasteiger partial charge in [-0.3, -0.25) is 19.3 Å². The van der Waals surface area contributed by atoms with Crippen LogP contribution in [-0.4, -0.2) is 48.8 Å². The first-order valence-corrected chi connectivity index (χ1v) is 10.1. The lowest BCUT2D eigenvalue weighted by molar-refractivity contribution is -0.123. The largest absolute Gasteiger partial charge is 0.355 e. The summed E-state index contributed by atoms with van der Waals surface area (Å²) in [6, 6.07) is 6.92. The van der Waals surface area contributed by atoms with Crippen molar-refractivity contribution in [1.29, 1.82) is 0 Å². The first-order valence-electron chi connectivity index (χ1n) is 10.1. The van der Waals surface area contributed by atoms with Gasteiger partial charge in [0.25, 0.3) is 0 Å². The standard InChI is InChI=1S/C21H32N4O3/c1-3-25(14-20(27)22-13-17-7-5-4-6-8-17)15-21(28)24-19-11-9-18(10-12-19)23-16(2)26/h9-12,17H,3-8,13-15H2,1-2H3,(H,22,27)(H,23,26)(H,24,28). The number of nitrogens with zero attached hydrogens (tertiary/aromatic N) is 1. The number of anilines is 2. The second-order valence-electron chi connectivity index (χ2n) is 7.42. The number of carbonyl (C=O) groups excluding carboxylic acids is 3. The van der Waals surface area contributed by atoms with Crippen molar-refractivity contribution < 1.29 is 14.4 Å². The van der Waals surface area contributed by atoms with E-state index in [0.29, 0.717) is 23.8 Å². The molecular weight excluding hydrogens is 356 g/mol. The van der Waals surface area contributed by atoms with Crippen LogP contribution in [-0.2, 0) is 14.4 Å². The monoisotopic (exact) mass is 388 g/mol. The van der Waals surface area contributed by atoms with Crippen LogP contribution in [0.4, 0.5) is 11.4 Å². The van der Waals surface area contributed by atoms with Crippen LogP contribution >= 0.6 is 0 Å².